The van der Waals surface area contributed by atoms with E-state index < -0.39 is 21.2 Å². The number of rotatable bonds is 1. The molecule has 29 heavy (non-hydrogen) atoms. The Morgan fingerprint density at radius 2 is 1.59 bits per heavy atom. The summed E-state index contributed by atoms with van der Waals surface area (Å²) in [5.41, 5.74) is -5.82. The first-order valence-corrected chi connectivity index (χ1v) is 10.3. The third-order valence-electron chi connectivity index (χ3n) is 4.50. The number of hydrogen-bond donors (Lipinski definition) is 0. The number of hydrogen-bond acceptors (Lipinski definition) is 6. The van der Waals surface area contributed by atoms with Crippen molar-refractivity contribution < 1.29 is 40.3 Å². The molecule has 2 saturated heterocycles. The Morgan fingerprint density at radius 1 is 1.10 bits per heavy atom. The predicted octanol–water partition coefficient (Wildman–Crippen LogP) is 1.75. The number of likely N-dealkylation sites (tertiary alicyclic amines) is 1. The average Bonchev–Trinajstić information content (AvgIpc) is 3.27. The molecule has 0 bridgehead atoms. The van der Waals surface area contributed by atoms with Gasteiger partial charge in [-0.05, 0) is 33.6 Å². The van der Waals surface area contributed by atoms with E-state index in [0.29, 0.717) is 0 Å². The fraction of sp³-hybridized carbons (Fsp3) is 0.647. The van der Waals surface area contributed by atoms with Crippen LogP contribution in [0.4, 0.5) is 18.0 Å². The Bertz CT molecular complexity index is 817. The van der Waals surface area contributed by atoms with Gasteiger partial charge in [-0.25, -0.2) is 13.2 Å². The quantitative estimate of drug-likeness (QED) is 0.286. The highest BCUT2D eigenvalue weighted by molar-refractivity contribution is 7.86. The molecule has 0 atom stereocenters. The Labute approximate surface area is 167 Å². The fourth-order valence-corrected chi connectivity index (χ4v) is 2.97. The van der Waals surface area contributed by atoms with Crippen molar-refractivity contribution in [1.82, 2.24) is 4.90 Å². The normalized spacial score (nSPS) is 18.7. The van der Waals surface area contributed by atoms with Crippen molar-refractivity contribution in [3.63, 3.8) is 0 Å². The first-order valence-electron chi connectivity index (χ1n) is 8.89. The number of carbonyl (C=O) groups excluding carboxylic acids is 1. The van der Waals surface area contributed by atoms with Crippen LogP contribution >= 0.6 is 0 Å². The zero-order chi connectivity index (χ0) is 22.1. The molecule has 0 saturated carbocycles. The number of nitrogens with zero attached hydrogens (tertiary/aromatic N) is 3. The number of pyridine rings is 1. The molecule has 1 amide bonds. The van der Waals surface area contributed by atoms with Gasteiger partial charge in [0.05, 0.1) is 0 Å². The number of alkyl halides is 3. The van der Waals surface area contributed by atoms with Crippen LogP contribution in [0.2, 0.25) is 0 Å². The lowest BCUT2D eigenvalue weighted by atomic mass is 9.97. The molecule has 0 aromatic carbocycles. The first-order chi connectivity index (χ1) is 13.1. The van der Waals surface area contributed by atoms with Crippen molar-refractivity contribution in [2.75, 3.05) is 24.6 Å². The fourth-order valence-electron chi connectivity index (χ4n) is 2.97. The van der Waals surface area contributed by atoms with Crippen molar-refractivity contribution in [3.05, 3.63) is 30.6 Å². The summed E-state index contributed by atoms with van der Waals surface area (Å²) in [4.78, 5) is 13.9. The van der Waals surface area contributed by atoms with Crippen molar-refractivity contribution in [1.29, 1.82) is 0 Å². The number of aromatic nitrogens is 1. The van der Waals surface area contributed by atoms with Crippen molar-refractivity contribution in [2.45, 2.75) is 50.3 Å². The molecule has 3 rings (SSSR count). The highest BCUT2D eigenvalue weighted by atomic mass is 32.2. The summed E-state index contributed by atoms with van der Waals surface area (Å²) in [5.74, 6) is 0. The van der Waals surface area contributed by atoms with Gasteiger partial charge in [0.2, 0.25) is 0 Å². The molecule has 2 aliphatic heterocycles. The molecule has 0 radical (unpaired) electrons. The molecule has 1 spiro atoms. The minimum absolute atomic E-state index is 0.183. The average molecular weight is 439 g/mol. The summed E-state index contributed by atoms with van der Waals surface area (Å²) >= 11 is 0. The van der Waals surface area contributed by atoms with Gasteiger partial charge in [0.15, 0.2) is 22.5 Å². The zero-order valence-electron chi connectivity index (χ0n) is 16.3. The van der Waals surface area contributed by atoms with E-state index in [-0.39, 0.29) is 11.6 Å². The minimum Gasteiger partial charge on any atom is -0.741 e. The van der Waals surface area contributed by atoms with Gasteiger partial charge < -0.3 is 14.2 Å². The van der Waals surface area contributed by atoms with Crippen LogP contribution < -0.4 is 9.69 Å². The van der Waals surface area contributed by atoms with Gasteiger partial charge in [-0.1, -0.05) is 10.7 Å². The van der Waals surface area contributed by atoms with E-state index in [2.05, 4.69) is 22.1 Å². The first kappa shape index (κ1) is 23.2. The maximum atomic E-state index is 12.1. The van der Waals surface area contributed by atoms with E-state index >= 15 is 0 Å². The highest BCUT2D eigenvalue weighted by Gasteiger charge is 2.59. The highest BCUT2D eigenvalue weighted by Crippen LogP contribution is 2.37. The summed E-state index contributed by atoms with van der Waals surface area (Å²) in [6.45, 7) is 8.35. The third-order valence-corrected chi connectivity index (χ3v) is 5.06. The van der Waals surface area contributed by atoms with Crippen molar-refractivity contribution in [2.24, 2.45) is 0 Å². The second kappa shape index (κ2) is 7.98. The second-order valence-electron chi connectivity index (χ2n) is 7.90. The molecule has 164 valence electrons. The molecular weight excluding hydrogens is 415 g/mol. The third kappa shape index (κ3) is 6.20. The van der Waals surface area contributed by atoms with Crippen LogP contribution in [0.3, 0.4) is 0 Å². The van der Waals surface area contributed by atoms with E-state index in [1.165, 1.54) is 0 Å². The largest absolute Gasteiger partial charge is 0.741 e. The number of carbonyl (C=O) groups is 1. The molecule has 2 fully saturated rings. The standard InChI is InChI=1S/C16H24N3O2.CHF3O3S/c1-15(2,3)21-14(20)17-11-7-16(8-12-17)13-19(16)18-9-5-4-6-10-18;2-1(3,4)8(5,6)7/h4-6,9-10H,7-8,11-13H2,1-3H3;(H,5,6,7)/q+1;/p-1. The molecule has 12 heteroatoms. The van der Waals surface area contributed by atoms with Crippen molar-refractivity contribution in [3.8, 4) is 0 Å². The van der Waals surface area contributed by atoms with Gasteiger partial charge in [-0.3, -0.25) is 0 Å². The van der Waals surface area contributed by atoms with Crippen LogP contribution in [-0.2, 0) is 14.9 Å². The topological polar surface area (TPSA) is 93.6 Å². The van der Waals surface area contributed by atoms with Crippen LogP contribution in [-0.4, -0.2) is 60.2 Å². The molecule has 0 N–H and O–H groups in total. The molecule has 1 aromatic heterocycles. The lowest BCUT2D eigenvalue weighted by Crippen LogP contribution is -2.52. The molecule has 0 aliphatic carbocycles. The molecule has 1 aromatic rings. The maximum Gasteiger partial charge on any atom is 0.485 e. The molecule has 2 aliphatic rings. The SMILES string of the molecule is CC(C)(C)OC(=O)N1CCC2(CC1)CN2[n+]1ccccc1.O=S(=O)([O-])C(F)(F)F. The summed E-state index contributed by atoms with van der Waals surface area (Å²) in [6, 6.07) is 6.11. The molecule has 3 heterocycles. The van der Waals surface area contributed by atoms with E-state index in [1.54, 1.807) is 0 Å². The minimum atomic E-state index is -6.09. The van der Waals surface area contributed by atoms with Gasteiger partial charge in [0.25, 0.3) is 0 Å². The smallest absolute Gasteiger partial charge is 0.485 e. The summed E-state index contributed by atoms with van der Waals surface area (Å²) in [7, 11) is -6.09. The lowest BCUT2D eigenvalue weighted by Gasteiger charge is -2.32. The Hall–Kier alpha value is -2.08. The van der Waals surface area contributed by atoms with Gasteiger partial charge >= 0.3 is 11.6 Å². The van der Waals surface area contributed by atoms with Crippen molar-refractivity contribution >= 4 is 16.2 Å². The Kier molecular flexibility index (Phi) is 6.38. The van der Waals surface area contributed by atoms with E-state index in [9.17, 15) is 18.0 Å². The van der Waals surface area contributed by atoms with Gasteiger partial charge in [0.1, 0.15) is 17.7 Å². The lowest BCUT2D eigenvalue weighted by molar-refractivity contribution is -0.679. The number of amides is 1. The maximum absolute atomic E-state index is 12.1. The van der Waals surface area contributed by atoms with E-state index in [4.69, 9.17) is 17.7 Å². The molecule has 0 unspecified atom stereocenters. The van der Waals surface area contributed by atoms with Crippen LogP contribution in [0, 0.1) is 0 Å². The number of ether oxygens (including phenoxy) is 1. The van der Waals surface area contributed by atoms with Crippen LogP contribution in [0.5, 0.6) is 0 Å². The van der Waals surface area contributed by atoms with Gasteiger partial charge in [-0.15, -0.1) is 0 Å². The summed E-state index contributed by atoms with van der Waals surface area (Å²) in [6.07, 6.45) is 5.99. The van der Waals surface area contributed by atoms with Crippen LogP contribution in [0.25, 0.3) is 0 Å². The predicted molar refractivity (Wildman–Crippen MR) is 95.2 cm³/mol. The second-order valence-corrected chi connectivity index (χ2v) is 9.28. The van der Waals surface area contributed by atoms with Crippen LogP contribution in [0.15, 0.2) is 30.6 Å². The monoisotopic (exact) mass is 439 g/mol. The van der Waals surface area contributed by atoms with Gasteiger partial charge in [0, 0.05) is 25.2 Å². The summed E-state index contributed by atoms with van der Waals surface area (Å²) < 4.78 is 66.5. The molecular formula is C17H24F3N3O5S. The zero-order valence-corrected chi connectivity index (χ0v) is 17.2. The van der Waals surface area contributed by atoms with Crippen LogP contribution in [0.1, 0.15) is 33.6 Å². The Morgan fingerprint density at radius 3 is 2.00 bits per heavy atom. The number of halogens is 3. The number of piperidine rings is 1. The Balaban J connectivity index is 0.000000321. The molecule has 8 nitrogen and oxygen atoms in total. The summed E-state index contributed by atoms with van der Waals surface area (Å²) in [5, 5.41) is 2.37. The van der Waals surface area contributed by atoms with Gasteiger partial charge in [-0.2, -0.15) is 18.2 Å². The van der Waals surface area contributed by atoms with E-state index in [0.717, 1.165) is 32.5 Å². The van der Waals surface area contributed by atoms with E-state index in [1.807, 2.05) is 43.9 Å².